The lowest BCUT2D eigenvalue weighted by atomic mass is 10.1. The molecule has 0 saturated heterocycles. The lowest BCUT2D eigenvalue weighted by Gasteiger charge is -2.29. The largest absolute Gasteiger partial charge is 0.354 e. The van der Waals surface area contributed by atoms with E-state index in [1.165, 1.54) is 22.6 Å². The first kappa shape index (κ1) is 19.1. The maximum absolute atomic E-state index is 12.1. The molecule has 0 aliphatic heterocycles. The number of likely N-dealkylation sites (N-methyl/N-ethyl adjacent to an activating group) is 1. The fourth-order valence-corrected chi connectivity index (χ4v) is 3.38. The molecule has 9 heteroatoms. The minimum Gasteiger partial charge on any atom is -0.354 e. The second kappa shape index (κ2) is 9.28. The van der Waals surface area contributed by atoms with Crippen molar-refractivity contribution in [3.05, 3.63) is 44.9 Å². The molecule has 8 nitrogen and oxygen atoms in total. The molecule has 0 bridgehead atoms. The van der Waals surface area contributed by atoms with Crippen LogP contribution in [0.4, 0.5) is 5.69 Å². The highest BCUT2D eigenvalue weighted by Crippen LogP contribution is 2.22. The van der Waals surface area contributed by atoms with Crippen LogP contribution >= 0.6 is 11.3 Å². The van der Waals surface area contributed by atoms with Gasteiger partial charge in [-0.15, -0.1) is 0 Å². The molecule has 0 radical (unpaired) electrons. The number of thiophene rings is 1. The van der Waals surface area contributed by atoms with Gasteiger partial charge in [0.2, 0.25) is 5.91 Å². The van der Waals surface area contributed by atoms with Crippen LogP contribution in [0.25, 0.3) is 0 Å². The van der Waals surface area contributed by atoms with Crippen molar-refractivity contribution in [2.75, 3.05) is 19.6 Å². The van der Waals surface area contributed by atoms with Gasteiger partial charge in [0.15, 0.2) is 0 Å². The van der Waals surface area contributed by atoms with Crippen LogP contribution < -0.4 is 5.32 Å². The predicted molar refractivity (Wildman–Crippen MR) is 96.5 cm³/mol. The van der Waals surface area contributed by atoms with Gasteiger partial charge in [-0.1, -0.05) is 13.8 Å². The summed E-state index contributed by atoms with van der Waals surface area (Å²) in [5.74, 6) is -0.0921. The first-order chi connectivity index (χ1) is 12.0. The molecule has 1 unspecified atom stereocenters. The number of carbonyl (C=O) groups is 1. The van der Waals surface area contributed by atoms with E-state index < -0.39 is 4.92 Å². The molecule has 1 amide bonds. The lowest BCUT2D eigenvalue weighted by molar-refractivity contribution is -0.385. The number of hydrogen-bond acceptors (Lipinski definition) is 6. The Morgan fingerprint density at radius 3 is 2.80 bits per heavy atom. The van der Waals surface area contributed by atoms with Gasteiger partial charge in [0.05, 0.1) is 11.0 Å². The summed E-state index contributed by atoms with van der Waals surface area (Å²) < 4.78 is 1.42. The number of nitrogens with zero attached hydrogens (tertiary/aromatic N) is 4. The molecule has 0 spiro atoms. The van der Waals surface area contributed by atoms with Crippen molar-refractivity contribution in [1.82, 2.24) is 20.0 Å². The summed E-state index contributed by atoms with van der Waals surface area (Å²) in [7, 11) is 0. The highest BCUT2D eigenvalue weighted by molar-refractivity contribution is 7.07. The van der Waals surface area contributed by atoms with Crippen LogP contribution in [0.3, 0.4) is 0 Å². The van der Waals surface area contributed by atoms with Crippen molar-refractivity contribution in [3.63, 3.8) is 0 Å². The molecule has 0 aliphatic rings. The monoisotopic (exact) mass is 365 g/mol. The minimum atomic E-state index is -0.501. The summed E-state index contributed by atoms with van der Waals surface area (Å²) >= 11 is 1.65. The molecule has 1 atom stereocenters. The summed E-state index contributed by atoms with van der Waals surface area (Å²) in [5, 5.41) is 21.6. The summed E-state index contributed by atoms with van der Waals surface area (Å²) in [6, 6.07) is 2.24. The Labute approximate surface area is 150 Å². The Balaban J connectivity index is 1.86. The van der Waals surface area contributed by atoms with Gasteiger partial charge in [-0.05, 0) is 35.5 Å². The van der Waals surface area contributed by atoms with Crippen molar-refractivity contribution < 1.29 is 9.72 Å². The molecule has 25 heavy (non-hydrogen) atoms. The Bertz CT molecular complexity index is 682. The van der Waals surface area contributed by atoms with Crippen molar-refractivity contribution in [3.8, 4) is 0 Å². The molecule has 2 aromatic rings. The van der Waals surface area contributed by atoms with E-state index in [1.807, 2.05) is 5.38 Å². The number of nitrogens with one attached hydrogen (secondary N) is 1. The SMILES string of the molecule is CCN(CC)C(CNC(=O)CCn1cc([N+](=O)[O-])cn1)c1ccsc1. The zero-order valence-corrected chi connectivity index (χ0v) is 15.2. The predicted octanol–water partition coefficient (Wildman–Crippen LogP) is 2.44. The van der Waals surface area contributed by atoms with Crippen LogP contribution in [0.5, 0.6) is 0 Å². The average molecular weight is 365 g/mol. The van der Waals surface area contributed by atoms with Crippen LogP contribution in [0.15, 0.2) is 29.2 Å². The Hall–Kier alpha value is -2.26. The van der Waals surface area contributed by atoms with Gasteiger partial charge in [-0.3, -0.25) is 24.5 Å². The second-order valence-corrected chi connectivity index (χ2v) is 6.35. The summed E-state index contributed by atoms with van der Waals surface area (Å²) in [4.78, 5) is 24.6. The topological polar surface area (TPSA) is 93.3 Å². The van der Waals surface area contributed by atoms with Gasteiger partial charge in [-0.2, -0.15) is 16.4 Å². The van der Waals surface area contributed by atoms with Crippen LogP contribution in [-0.4, -0.2) is 45.1 Å². The van der Waals surface area contributed by atoms with Crippen molar-refractivity contribution in [2.45, 2.75) is 32.9 Å². The van der Waals surface area contributed by atoms with E-state index in [2.05, 4.69) is 40.6 Å². The van der Waals surface area contributed by atoms with E-state index in [-0.39, 0.29) is 24.1 Å². The quantitative estimate of drug-likeness (QED) is 0.516. The maximum atomic E-state index is 12.1. The van der Waals surface area contributed by atoms with Crippen molar-refractivity contribution in [2.24, 2.45) is 0 Å². The van der Waals surface area contributed by atoms with Gasteiger partial charge in [-0.25, -0.2) is 0 Å². The van der Waals surface area contributed by atoms with Crippen LogP contribution in [-0.2, 0) is 11.3 Å². The van der Waals surface area contributed by atoms with E-state index >= 15 is 0 Å². The van der Waals surface area contributed by atoms with E-state index in [0.29, 0.717) is 13.1 Å². The molecule has 2 heterocycles. The smallest absolute Gasteiger partial charge is 0.306 e. The first-order valence-electron chi connectivity index (χ1n) is 8.24. The lowest BCUT2D eigenvalue weighted by Crippen LogP contribution is -2.38. The summed E-state index contributed by atoms with van der Waals surface area (Å²) in [6.45, 7) is 6.88. The minimum absolute atomic E-state index is 0.0699. The number of aryl methyl sites for hydroxylation is 1. The normalized spacial score (nSPS) is 12.3. The van der Waals surface area contributed by atoms with E-state index in [0.717, 1.165) is 13.1 Å². The highest BCUT2D eigenvalue weighted by atomic mass is 32.1. The fourth-order valence-electron chi connectivity index (χ4n) is 2.67. The third-order valence-corrected chi connectivity index (χ3v) is 4.77. The van der Waals surface area contributed by atoms with Crippen LogP contribution in [0.2, 0.25) is 0 Å². The van der Waals surface area contributed by atoms with Gasteiger partial charge in [0, 0.05) is 19.5 Å². The van der Waals surface area contributed by atoms with Gasteiger partial charge >= 0.3 is 5.69 Å². The Morgan fingerprint density at radius 1 is 1.48 bits per heavy atom. The molecular weight excluding hydrogens is 342 g/mol. The molecule has 0 aromatic carbocycles. The maximum Gasteiger partial charge on any atom is 0.306 e. The molecule has 2 aromatic heterocycles. The Morgan fingerprint density at radius 2 is 2.24 bits per heavy atom. The number of aromatic nitrogens is 2. The number of hydrogen-bond donors (Lipinski definition) is 1. The van der Waals surface area contributed by atoms with Crippen LogP contribution in [0, 0.1) is 10.1 Å². The number of carbonyl (C=O) groups excluding carboxylic acids is 1. The van der Waals surface area contributed by atoms with Gasteiger partial charge in [0.1, 0.15) is 12.4 Å². The molecule has 0 fully saturated rings. The molecule has 1 N–H and O–H groups in total. The second-order valence-electron chi connectivity index (χ2n) is 5.57. The first-order valence-corrected chi connectivity index (χ1v) is 9.19. The number of rotatable bonds is 10. The zero-order valence-electron chi connectivity index (χ0n) is 14.4. The molecular formula is C16H23N5O3S. The molecule has 2 rings (SSSR count). The molecule has 0 aliphatic carbocycles. The third-order valence-electron chi connectivity index (χ3n) is 4.07. The zero-order chi connectivity index (χ0) is 18.2. The van der Waals surface area contributed by atoms with Gasteiger partial charge in [0.25, 0.3) is 0 Å². The highest BCUT2D eigenvalue weighted by Gasteiger charge is 2.19. The van der Waals surface area contributed by atoms with E-state index in [4.69, 9.17) is 0 Å². The average Bonchev–Trinajstić information content (AvgIpc) is 3.28. The molecule has 0 saturated carbocycles. The standard InChI is InChI=1S/C16H23N5O3S/c1-3-19(4-2)15(13-6-8-25-12-13)10-17-16(22)5-7-20-11-14(9-18-20)21(23)24/h6,8-9,11-12,15H,3-5,7,10H2,1-2H3,(H,17,22). The Kier molecular flexibility index (Phi) is 7.08. The summed E-state index contributed by atoms with van der Waals surface area (Å²) in [6.07, 6.45) is 2.75. The van der Waals surface area contributed by atoms with Gasteiger partial charge < -0.3 is 5.32 Å². The van der Waals surface area contributed by atoms with Crippen LogP contribution in [0.1, 0.15) is 31.9 Å². The van der Waals surface area contributed by atoms with Crippen molar-refractivity contribution in [1.29, 1.82) is 0 Å². The number of nitro groups is 1. The third kappa shape index (κ3) is 5.36. The number of amides is 1. The van der Waals surface area contributed by atoms with Crippen molar-refractivity contribution >= 4 is 22.9 Å². The summed E-state index contributed by atoms with van der Waals surface area (Å²) in [5.41, 5.74) is 1.14. The molecule has 136 valence electrons. The van der Waals surface area contributed by atoms with E-state index in [9.17, 15) is 14.9 Å². The van der Waals surface area contributed by atoms with E-state index in [1.54, 1.807) is 11.3 Å². The fraction of sp³-hybridized carbons (Fsp3) is 0.500.